The molecule has 0 saturated heterocycles. The van der Waals surface area contributed by atoms with Crippen LogP contribution in [0.4, 0.5) is 0 Å². The van der Waals surface area contributed by atoms with E-state index >= 15 is 0 Å². The van der Waals surface area contributed by atoms with E-state index in [1.807, 2.05) is 6.92 Å². The van der Waals surface area contributed by atoms with Crippen LogP contribution in [0.15, 0.2) is 0 Å². The van der Waals surface area contributed by atoms with Gasteiger partial charge in [0.1, 0.15) is 0 Å². The van der Waals surface area contributed by atoms with Crippen molar-refractivity contribution in [3.8, 4) is 30.0 Å². The fraction of sp³-hybridized carbons (Fsp3) is 0.560. The van der Waals surface area contributed by atoms with Crippen LogP contribution in [0.1, 0.15) is 51.1 Å². The highest BCUT2D eigenvalue weighted by Crippen LogP contribution is 2.33. The first kappa shape index (κ1) is 27.8. The number of nitrogens with one attached hydrogen (secondary N) is 3. The second-order valence-electron chi connectivity index (χ2n) is 8.62. The van der Waals surface area contributed by atoms with Crippen molar-refractivity contribution in [1.82, 2.24) is 29.1 Å². The van der Waals surface area contributed by atoms with Gasteiger partial charge < -0.3 is 30.2 Å². The molecule has 0 radical (unpaired) electrons. The molecule has 6 heterocycles. The molecular formula is C25H34N6O3S3. The average Bonchev–Trinajstić information content (AvgIpc) is 3.66. The largest absolute Gasteiger partial charge is 0.480 e. The number of methoxy groups -OCH3 is 1. The fourth-order valence-electron chi connectivity index (χ4n) is 4.22. The van der Waals surface area contributed by atoms with Crippen LogP contribution in [0.2, 0.25) is 0 Å². The molecule has 0 aromatic carbocycles. The van der Waals surface area contributed by atoms with Crippen LogP contribution in [-0.4, -0.2) is 53.1 Å². The number of hydrogen-bond acceptors (Lipinski definition) is 12. The van der Waals surface area contributed by atoms with E-state index in [0.717, 1.165) is 63.9 Å². The first-order valence-corrected chi connectivity index (χ1v) is 14.8. The Morgan fingerprint density at radius 3 is 2.05 bits per heavy atom. The van der Waals surface area contributed by atoms with E-state index in [4.69, 9.17) is 20.6 Å². The van der Waals surface area contributed by atoms with Gasteiger partial charge in [-0.3, -0.25) is 0 Å². The molecule has 0 amide bonds. The summed E-state index contributed by atoms with van der Waals surface area (Å²) in [6.45, 7) is 11.0. The number of aromatic nitrogens is 3. The van der Waals surface area contributed by atoms with Gasteiger partial charge in [-0.2, -0.15) is 13.1 Å². The molecule has 3 N–H and O–H groups in total. The quantitative estimate of drug-likeness (QED) is 0.404. The lowest BCUT2D eigenvalue weighted by atomic mass is 10.0. The third kappa shape index (κ3) is 6.98. The Kier molecular flexibility index (Phi) is 10.5. The van der Waals surface area contributed by atoms with Crippen LogP contribution < -0.4 is 30.2 Å². The number of hydrogen-bond donors (Lipinski definition) is 3. The second-order valence-corrected chi connectivity index (χ2v) is 11.1. The van der Waals surface area contributed by atoms with Gasteiger partial charge in [-0.15, -0.1) is 6.42 Å². The van der Waals surface area contributed by atoms with Crippen molar-refractivity contribution in [2.75, 3.05) is 40.0 Å². The Morgan fingerprint density at radius 1 is 0.865 bits per heavy atom. The topological polar surface area (TPSA) is 102 Å². The maximum atomic E-state index is 5.40. The van der Waals surface area contributed by atoms with Gasteiger partial charge >= 0.3 is 0 Å². The maximum Gasteiger partial charge on any atom is 0.230 e. The zero-order valence-corrected chi connectivity index (χ0v) is 24.0. The third-order valence-electron chi connectivity index (χ3n) is 6.08. The smallest absolute Gasteiger partial charge is 0.230 e. The molecule has 3 aromatic rings. The second kappa shape index (κ2) is 14.0. The molecule has 0 fully saturated rings. The Balaban J connectivity index is 0.000000130. The molecule has 200 valence electrons. The van der Waals surface area contributed by atoms with E-state index in [0.29, 0.717) is 25.0 Å². The van der Waals surface area contributed by atoms with E-state index in [9.17, 15) is 0 Å². The molecule has 0 bridgehead atoms. The molecular weight excluding hydrogens is 529 g/mol. The summed E-state index contributed by atoms with van der Waals surface area (Å²) in [5, 5.41) is 9.93. The van der Waals surface area contributed by atoms with Crippen molar-refractivity contribution < 1.29 is 14.2 Å². The fourth-order valence-corrected chi connectivity index (χ4v) is 6.76. The lowest BCUT2D eigenvalue weighted by molar-refractivity contribution is 0.325. The molecule has 9 nitrogen and oxygen atoms in total. The standard InChI is InChI=1S/C9H10N2OS.2C8H12N2OS/c1-2-5-12-9-7-6-10-4-3-8(7)13-11-9;1-5-3-9-4-6-7(5)12-10-8(6)11-2;1-2-11-8-6-5-9-4-3-7(6)12-10-8/h1,10H,3-6H2;5,9H,3-4H2,1-2H3;9H,2-5H2,1H3. The molecule has 1 atom stereocenters. The van der Waals surface area contributed by atoms with Crippen LogP contribution in [0.5, 0.6) is 17.6 Å². The van der Waals surface area contributed by atoms with Crippen LogP contribution in [0.3, 0.4) is 0 Å². The van der Waals surface area contributed by atoms with Crippen LogP contribution in [-0.2, 0) is 32.5 Å². The summed E-state index contributed by atoms with van der Waals surface area (Å²) in [5.41, 5.74) is 3.71. The first-order valence-electron chi connectivity index (χ1n) is 12.4. The lowest BCUT2D eigenvalue weighted by Gasteiger charge is -2.18. The molecule has 6 rings (SSSR count). The number of fused-ring (bicyclic) bond motifs is 3. The van der Waals surface area contributed by atoms with Gasteiger partial charge in [-0.1, -0.05) is 12.8 Å². The number of rotatable bonds is 5. The highest BCUT2D eigenvalue weighted by Gasteiger charge is 2.23. The minimum Gasteiger partial charge on any atom is -0.480 e. The molecule has 0 aliphatic carbocycles. The first-order chi connectivity index (χ1) is 18.2. The maximum absolute atomic E-state index is 5.40. The van der Waals surface area contributed by atoms with Crippen LogP contribution in [0.25, 0.3) is 0 Å². The Bertz CT molecular complexity index is 1190. The van der Waals surface area contributed by atoms with Crippen molar-refractivity contribution in [1.29, 1.82) is 0 Å². The molecule has 0 spiro atoms. The summed E-state index contributed by atoms with van der Waals surface area (Å²) in [7, 11) is 1.68. The zero-order chi connectivity index (χ0) is 26.0. The highest BCUT2D eigenvalue weighted by molar-refractivity contribution is 7.06. The molecule has 12 heteroatoms. The minimum absolute atomic E-state index is 0.302. The van der Waals surface area contributed by atoms with Gasteiger partial charge in [0, 0.05) is 76.5 Å². The van der Waals surface area contributed by atoms with Crippen molar-refractivity contribution in [3.05, 3.63) is 31.3 Å². The zero-order valence-electron chi connectivity index (χ0n) is 21.5. The predicted octanol–water partition coefficient (Wildman–Crippen LogP) is 3.35. The molecule has 3 aliphatic heterocycles. The van der Waals surface area contributed by atoms with Crippen molar-refractivity contribution in [2.45, 2.75) is 52.2 Å². The predicted molar refractivity (Wildman–Crippen MR) is 149 cm³/mol. The number of ether oxygens (including phenoxy) is 3. The molecule has 1 unspecified atom stereocenters. The van der Waals surface area contributed by atoms with Gasteiger partial charge in [0.15, 0.2) is 6.61 Å². The minimum atomic E-state index is 0.302. The summed E-state index contributed by atoms with van der Waals surface area (Å²) >= 11 is 4.67. The monoisotopic (exact) mass is 562 g/mol. The summed E-state index contributed by atoms with van der Waals surface area (Å²) in [4.78, 5) is 4.09. The van der Waals surface area contributed by atoms with E-state index in [-0.39, 0.29) is 0 Å². The summed E-state index contributed by atoms with van der Waals surface area (Å²) < 4.78 is 28.6. The lowest BCUT2D eigenvalue weighted by Crippen LogP contribution is -2.25. The third-order valence-corrected chi connectivity index (χ3v) is 9.04. The van der Waals surface area contributed by atoms with E-state index in [1.165, 1.54) is 42.9 Å². The van der Waals surface area contributed by atoms with E-state index < -0.39 is 0 Å². The van der Waals surface area contributed by atoms with Crippen molar-refractivity contribution in [2.24, 2.45) is 0 Å². The Morgan fingerprint density at radius 2 is 1.46 bits per heavy atom. The van der Waals surface area contributed by atoms with Crippen molar-refractivity contribution in [3.63, 3.8) is 0 Å². The molecule has 3 aliphatic rings. The van der Waals surface area contributed by atoms with Gasteiger partial charge in [0.05, 0.1) is 13.7 Å². The number of terminal acetylenes is 1. The van der Waals surface area contributed by atoms with Gasteiger partial charge in [-0.05, 0) is 54.4 Å². The van der Waals surface area contributed by atoms with Crippen LogP contribution in [0, 0.1) is 12.3 Å². The molecule has 37 heavy (non-hydrogen) atoms. The Hall–Kier alpha value is -2.27. The Labute approximate surface area is 230 Å². The average molecular weight is 563 g/mol. The summed E-state index contributed by atoms with van der Waals surface area (Å²) in [6, 6.07) is 0. The summed E-state index contributed by atoms with van der Waals surface area (Å²) in [6.07, 6.45) is 7.25. The molecule has 3 aromatic heterocycles. The number of nitrogens with zero attached hydrogens (tertiary/aromatic N) is 3. The van der Waals surface area contributed by atoms with E-state index in [1.54, 1.807) is 30.2 Å². The SMILES string of the molecule is C#CCOc1nsc2c1CNCC2.CCOc1nsc2c1CNCC2.COc1nsc2c1CNCC2C. The van der Waals surface area contributed by atoms with Gasteiger partial charge in [0.2, 0.25) is 17.6 Å². The van der Waals surface area contributed by atoms with Gasteiger partial charge in [-0.25, -0.2) is 0 Å². The van der Waals surface area contributed by atoms with E-state index in [2.05, 4.69) is 41.9 Å². The summed E-state index contributed by atoms with van der Waals surface area (Å²) in [5.74, 6) is 5.36. The van der Waals surface area contributed by atoms with Crippen molar-refractivity contribution >= 4 is 34.6 Å². The normalized spacial score (nSPS) is 17.4. The highest BCUT2D eigenvalue weighted by atomic mass is 32.1. The molecule has 0 saturated carbocycles. The van der Waals surface area contributed by atoms with Crippen LogP contribution >= 0.6 is 34.6 Å². The van der Waals surface area contributed by atoms with Gasteiger partial charge in [0.25, 0.3) is 0 Å².